The molecule has 164 valence electrons. The van der Waals surface area contributed by atoms with Crippen LogP contribution in [0.4, 0.5) is 0 Å². The summed E-state index contributed by atoms with van der Waals surface area (Å²) in [4.78, 5) is 25.6. The van der Waals surface area contributed by atoms with Gasteiger partial charge in [0.15, 0.2) is 0 Å². The molecule has 2 rings (SSSR count). The van der Waals surface area contributed by atoms with Crippen molar-refractivity contribution in [1.29, 1.82) is 0 Å². The van der Waals surface area contributed by atoms with Crippen LogP contribution in [0.5, 0.6) is 5.75 Å². The van der Waals surface area contributed by atoms with Gasteiger partial charge >= 0.3 is 0 Å². The number of carbonyl (C=O) groups excluding carboxylic acids is 2. The molecule has 1 atom stereocenters. The second kappa shape index (κ2) is 12.0. The average molecular weight is 428 g/mol. The van der Waals surface area contributed by atoms with Crippen LogP contribution in [0.1, 0.15) is 37.0 Å². The van der Waals surface area contributed by atoms with E-state index in [1.165, 1.54) is 7.11 Å². The van der Waals surface area contributed by atoms with Crippen molar-refractivity contribution >= 4 is 24.2 Å². The molecule has 1 unspecified atom stereocenters. The quantitative estimate of drug-likeness (QED) is 0.561. The SMILES string of the molecule is COCC1(CNC(=O)C(NC(=O)c2ccccc2OC)C(C)C)CCNCC1.Cl. The Morgan fingerprint density at radius 1 is 1.17 bits per heavy atom. The summed E-state index contributed by atoms with van der Waals surface area (Å²) < 4.78 is 10.7. The molecule has 0 spiro atoms. The summed E-state index contributed by atoms with van der Waals surface area (Å²) >= 11 is 0. The molecule has 0 bridgehead atoms. The number of piperidine rings is 1. The summed E-state index contributed by atoms with van der Waals surface area (Å²) in [5, 5.41) is 9.26. The van der Waals surface area contributed by atoms with Crippen LogP contribution < -0.4 is 20.7 Å². The van der Waals surface area contributed by atoms with Crippen molar-refractivity contribution in [2.24, 2.45) is 11.3 Å². The van der Waals surface area contributed by atoms with Gasteiger partial charge in [-0.1, -0.05) is 26.0 Å². The van der Waals surface area contributed by atoms with Gasteiger partial charge in [0.2, 0.25) is 5.91 Å². The molecule has 1 aliphatic rings. The fraction of sp³-hybridized carbons (Fsp3) is 0.619. The number of ether oxygens (including phenoxy) is 2. The van der Waals surface area contributed by atoms with Crippen molar-refractivity contribution in [2.75, 3.05) is 40.5 Å². The van der Waals surface area contributed by atoms with Crippen molar-refractivity contribution < 1.29 is 19.1 Å². The lowest BCUT2D eigenvalue weighted by molar-refractivity contribution is -0.124. The maximum atomic E-state index is 12.9. The number of benzene rings is 1. The summed E-state index contributed by atoms with van der Waals surface area (Å²) in [6.07, 6.45) is 1.89. The number of para-hydroxylation sites is 1. The summed E-state index contributed by atoms with van der Waals surface area (Å²) in [6, 6.07) is 6.36. The van der Waals surface area contributed by atoms with E-state index < -0.39 is 6.04 Å². The van der Waals surface area contributed by atoms with E-state index in [1.807, 2.05) is 13.8 Å². The van der Waals surface area contributed by atoms with Gasteiger partial charge in [0, 0.05) is 19.1 Å². The Labute approximate surface area is 179 Å². The molecule has 0 saturated carbocycles. The van der Waals surface area contributed by atoms with Crippen LogP contribution in [-0.2, 0) is 9.53 Å². The van der Waals surface area contributed by atoms with Gasteiger partial charge in [0.25, 0.3) is 5.91 Å². The first-order chi connectivity index (χ1) is 13.4. The maximum Gasteiger partial charge on any atom is 0.255 e. The normalized spacial score (nSPS) is 16.4. The minimum Gasteiger partial charge on any atom is -0.496 e. The van der Waals surface area contributed by atoms with Crippen LogP contribution in [0.2, 0.25) is 0 Å². The standard InChI is InChI=1S/C21H33N3O4.ClH/c1-15(2)18(24-19(25)16-7-5-6-8-17(16)28-4)20(26)23-13-21(14-27-3)9-11-22-12-10-21;/h5-8,15,18,22H,9-14H2,1-4H3,(H,23,26)(H,24,25);1H. The van der Waals surface area contributed by atoms with Crippen LogP contribution >= 0.6 is 12.4 Å². The first kappa shape index (κ1) is 25.2. The fourth-order valence-corrected chi connectivity index (χ4v) is 3.61. The van der Waals surface area contributed by atoms with Crippen molar-refractivity contribution in [3.63, 3.8) is 0 Å². The number of amides is 2. The van der Waals surface area contributed by atoms with Gasteiger partial charge in [0.1, 0.15) is 11.8 Å². The molecule has 7 nitrogen and oxygen atoms in total. The molecule has 0 aromatic heterocycles. The first-order valence-electron chi connectivity index (χ1n) is 9.84. The topological polar surface area (TPSA) is 88.7 Å². The number of halogens is 1. The van der Waals surface area contributed by atoms with Crippen LogP contribution in [-0.4, -0.2) is 58.3 Å². The second-order valence-electron chi connectivity index (χ2n) is 7.80. The van der Waals surface area contributed by atoms with Crippen molar-refractivity contribution in [1.82, 2.24) is 16.0 Å². The van der Waals surface area contributed by atoms with Gasteiger partial charge in [0.05, 0.1) is 19.3 Å². The Kier molecular flexibility index (Phi) is 10.4. The van der Waals surface area contributed by atoms with E-state index in [-0.39, 0.29) is 35.6 Å². The van der Waals surface area contributed by atoms with Crippen molar-refractivity contribution in [3.8, 4) is 5.75 Å². The summed E-state index contributed by atoms with van der Waals surface area (Å²) in [5.41, 5.74) is 0.349. The highest BCUT2D eigenvalue weighted by Gasteiger charge is 2.34. The average Bonchev–Trinajstić information content (AvgIpc) is 2.70. The van der Waals surface area contributed by atoms with Gasteiger partial charge < -0.3 is 25.4 Å². The first-order valence-corrected chi connectivity index (χ1v) is 9.84. The molecule has 29 heavy (non-hydrogen) atoms. The Morgan fingerprint density at radius 3 is 2.41 bits per heavy atom. The largest absolute Gasteiger partial charge is 0.496 e. The van der Waals surface area contributed by atoms with E-state index in [4.69, 9.17) is 9.47 Å². The van der Waals surface area contributed by atoms with Gasteiger partial charge in [-0.2, -0.15) is 0 Å². The molecule has 1 saturated heterocycles. The third-order valence-electron chi connectivity index (χ3n) is 5.34. The Morgan fingerprint density at radius 2 is 1.83 bits per heavy atom. The maximum absolute atomic E-state index is 12.9. The van der Waals surface area contributed by atoms with Crippen molar-refractivity contribution in [3.05, 3.63) is 29.8 Å². The molecule has 3 N–H and O–H groups in total. The molecule has 1 aromatic carbocycles. The number of hydrogen-bond donors (Lipinski definition) is 3. The third-order valence-corrected chi connectivity index (χ3v) is 5.34. The molecule has 1 heterocycles. The van der Waals surface area contributed by atoms with Crippen molar-refractivity contribution in [2.45, 2.75) is 32.7 Å². The highest BCUT2D eigenvalue weighted by atomic mass is 35.5. The molecular formula is C21H34ClN3O4. The second-order valence-corrected chi connectivity index (χ2v) is 7.80. The van der Waals surface area contributed by atoms with E-state index >= 15 is 0 Å². The van der Waals surface area contributed by atoms with Gasteiger partial charge in [-0.25, -0.2) is 0 Å². The lowest BCUT2D eigenvalue weighted by Gasteiger charge is -2.37. The fourth-order valence-electron chi connectivity index (χ4n) is 3.61. The third kappa shape index (κ3) is 6.87. The molecule has 1 fully saturated rings. The molecule has 8 heteroatoms. The predicted octanol–water partition coefficient (Wildman–Crippen LogP) is 2.00. The number of rotatable bonds is 9. The molecule has 1 aromatic rings. The minimum absolute atomic E-state index is 0. The molecule has 1 aliphatic heterocycles. The zero-order valence-corrected chi connectivity index (χ0v) is 18.6. The molecule has 0 aliphatic carbocycles. The summed E-state index contributed by atoms with van der Waals surface area (Å²) in [7, 11) is 3.21. The van der Waals surface area contributed by atoms with E-state index in [0.717, 1.165) is 25.9 Å². The molecular weight excluding hydrogens is 394 g/mol. The Hall–Kier alpha value is -1.83. The van der Waals surface area contributed by atoms with Gasteiger partial charge in [-0.15, -0.1) is 12.4 Å². The summed E-state index contributed by atoms with van der Waals surface area (Å²) in [6.45, 7) is 6.81. The lowest BCUT2D eigenvalue weighted by Crippen LogP contribution is -2.53. The van der Waals surface area contributed by atoms with Crippen LogP contribution in [0.15, 0.2) is 24.3 Å². The number of methoxy groups -OCH3 is 2. The van der Waals surface area contributed by atoms with E-state index in [9.17, 15) is 9.59 Å². The zero-order valence-electron chi connectivity index (χ0n) is 17.7. The highest BCUT2D eigenvalue weighted by molar-refractivity contribution is 5.99. The molecule has 0 radical (unpaired) electrons. The predicted molar refractivity (Wildman–Crippen MR) is 116 cm³/mol. The van der Waals surface area contributed by atoms with E-state index in [1.54, 1.807) is 31.4 Å². The van der Waals surface area contributed by atoms with Crippen LogP contribution in [0.25, 0.3) is 0 Å². The Balaban J connectivity index is 0.00000420. The monoisotopic (exact) mass is 427 g/mol. The van der Waals surface area contributed by atoms with Crippen LogP contribution in [0.3, 0.4) is 0 Å². The summed E-state index contributed by atoms with van der Waals surface area (Å²) in [5.74, 6) is -0.0613. The number of carbonyl (C=O) groups is 2. The van der Waals surface area contributed by atoms with E-state index in [0.29, 0.717) is 24.5 Å². The van der Waals surface area contributed by atoms with Gasteiger partial charge in [-0.05, 0) is 44.0 Å². The minimum atomic E-state index is -0.626. The van der Waals surface area contributed by atoms with Crippen LogP contribution in [0, 0.1) is 11.3 Å². The highest BCUT2D eigenvalue weighted by Crippen LogP contribution is 2.28. The number of hydrogen-bond acceptors (Lipinski definition) is 5. The molecule has 2 amide bonds. The lowest BCUT2D eigenvalue weighted by atomic mass is 9.79. The smallest absolute Gasteiger partial charge is 0.255 e. The Bertz CT molecular complexity index is 658. The number of nitrogens with one attached hydrogen (secondary N) is 3. The zero-order chi connectivity index (χ0) is 20.6. The van der Waals surface area contributed by atoms with Gasteiger partial charge in [-0.3, -0.25) is 9.59 Å². The van der Waals surface area contributed by atoms with E-state index in [2.05, 4.69) is 16.0 Å².